The number of aryl methyl sites for hydroxylation is 1. The average Bonchev–Trinajstić information content (AvgIpc) is 3.11. The maximum absolute atomic E-state index is 4.76. The molecule has 4 nitrogen and oxygen atoms in total. The summed E-state index contributed by atoms with van der Waals surface area (Å²) in [5.41, 5.74) is 2.36. The summed E-state index contributed by atoms with van der Waals surface area (Å²) in [5, 5.41) is 3.54. The summed E-state index contributed by atoms with van der Waals surface area (Å²) in [7, 11) is 0. The summed E-state index contributed by atoms with van der Waals surface area (Å²) in [5.74, 6) is 1.59. The molecule has 2 aliphatic rings. The van der Waals surface area contributed by atoms with E-state index in [0.717, 1.165) is 30.8 Å². The molecule has 0 spiro atoms. The third-order valence-corrected chi connectivity index (χ3v) is 4.55. The standard InChI is InChI=1S/C16H26N4/c1-11(2)15-5-4-8-20(15)16-18-10-13(12(3)19-16)9-17-14-6-7-14/h10-11,14-15,17H,4-9H2,1-3H3. The van der Waals surface area contributed by atoms with Crippen LogP contribution in [0.4, 0.5) is 5.95 Å². The molecule has 3 rings (SSSR count). The highest BCUT2D eigenvalue weighted by Gasteiger charge is 2.29. The lowest BCUT2D eigenvalue weighted by Gasteiger charge is -2.28. The third-order valence-electron chi connectivity index (χ3n) is 4.55. The van der Waals surface area contributed by atoms with Gasteiger partial charge in [-0.15, -0.1) is 0 Å². The molecule has 1 saturated heterocycles. The Morgan fingerprint density at radius 2 is 2.15 bits per heavy atom. The predicted molar refractivity (Wildman–Crippen MR) is 81.8 cm³/mol. The fraction of sp³-hybridized carbons (Fsp3) is 0.750. The zero-order chi connectivity index (χ0) is 14.1. The minimum atomic E-state index is 0.602. The highest BCUT2D eigenvalue weighted by Crippen LogP contribution is 2.27. The lowest BCUT2D eigenvalue weighted by Crippen LogP contribution is -2.34. The number of hydrogen-bond acceptors (Lipinski definition) is 4. The molecule has 1 unspecified atom stereocenters. The molecular formula is C16H26N4. The van der Waals surface area contributed by atoms with Crippen LogP contribution in [0, 0.1) is 12.8 Å². The van der Waals surface area contributed by atoms with Crippen LogP contribution in [0.3, 0.4) is 0 Å². The van der Waals surface area contributed by atoms with Gasteiger partial charge in [0.25, 0.3) is 0 Å². The Morgan fingerprint density at radius 3 is 2.80 bits per heavy atom. The summed E-state index contributed by atoms with van der Waals surface area (Å²) >= 11 is 0. The van der Waals surface area contributed by atoms with Crippen LogP contribution < -0.4 is 10.2 Å². The first kappa shape index (κ1) is 13.8. The SMILES string of the molecule is Cc1nc(N2CCCC2C(C)C)ncc1CNC1CC1. The number of hydrogen-bond donors (Lipinski definition) is 1. The van der Waals surface area contributed by atoms with E-state index in [1.54, 1.807) is 0 Å². The van der Waals surface area contributed by atoms with Gasteiger partial charge in [0, 0.05) is 42.6 Å². The summed E-state index contributed by atoms with van der Waals surface area (Å²) < 4.78 is 0. The van der Waals surface area contributed by atoms with Gasteiger partial charge < -0.3 is 10.2 Å². The monoisotopic (exact) mass is 274 g/mol. The van der Waals surface area contributed by atoms with Crippen molar-refractivity contribution in [3.05, 3.63) is 17.5 Å². The van der Waals surface area contributed by atoms with Gasteiger partial charge in [0.15, 0.2) is 0 Å². The maximum atomic E-state index is 4.76. The number of nitrogens with one attached hydrogen (secondary N) is 1. The molecule has 2 heterocycles. The van der Waals surface area contributed by atoms with Crippen molar-refractivity contribution in [2.45, 2.75) is 65.1 Å². The van der Waals surface area contributed by atoms with Gasteiger partial charge in [-0.1, -0.05) is 13.8 Å². The lowest BCUT2D eigenvalue weighted by molar-refractivity contribution is 0.486. The zero-order valence-corrected chi connectivity index (χ0v) is 12.9. The quantitative estimate of drug-likeness (QED) is 0.896. The second-order valence-electron chi connectivity index (χ2n) is 6.58. The number of nitrogens with zero attached hydrogens (tertiary/aromatic N) is 3. The van der Waals surface area contributed by atoms with Gasteiger partial charge in [0.2, 0.25) is 5.95 Å². The van der Waals surface area contributed by atoms with Crippen molar-refractivity contribution < 1.29 is 0 Å². The van der Waals surface area contributed by atoms with E-state index in [4.69, 9.17) is 4.98 Å². The van der Waals surface area contributed by atoms with Crippen LogP contribution >= 0.6 is 0 Å². The van der Waals surface area contributed by atoms with Crippen molar-refractivity contribution in [3.63, 3.8) is 0 Å². The Morgan fingerprint density at radius 1 is 1.35 bits per heavy atom. The van der Waals surface area contributed by atoms with E-state index in [1.807, 2.05) is 6.20 Å². The topological polar surface area (TPSA) is 41.1 Å². The van der Waals surface area contributed by atoms with E-state index < -0.39 is 0 Å². The molecular weight excluding hydrogens is 248 g/mol. The molecule has 1 N–H and O–H groups in total. The Bertz CT molecular complexity index is 468. The van der Waals surface area contributed by atoms with Crippen molar-refractivity contribution >= 4 is 5.95 Å². The molecule has 1 saturated carbocycles. The summed E-state index contributed by atoms with van der Waals surface area (Å²) in [4.78, 5) is 11.8. The smallest absolute Gasteiger partial charge is 0.225 e. The van der Waals surface area contributed by atoms with Gasteiger partial charge >= 0.3 is 0 Å². The molecule has 1 aliphatic carbocycles. The molecule has 2 fully saturated rings. The highest BCUT2D eigenvalue weighted by molar-refractivity contribution is 5.36. The van der Waals surface area contributed by atoms with Gasteiger partial charge in [-0.2, -0.15) is 0 Å². The molecule has 1 aromatic rings. The number of aromatic nitrogens is 2. The molecule has 1 atom stereocenters. The largest absolute Gasteiger partial charge is 0.338 e. The van der Waals surface area contributed by atoms with Crippen LogP contribution in [0.25, 0.3) is 0 Å². The van der Waals surface area contributed by atoms with Gasteiger partial charge in [-0.05, 0) is 38.5 Å². The molecule has 0 aromatic carbocycles. The molecule has 1 aliphatic heterocycles. The van der Waals surface area contributed by atoms with E-state index in [2.05, 4.69) is 36.0 Å². The van der Waals surface area contributed by atoms with Crippen LogP contribution in [-0.2, 0) is 6.54 Å². The van der Waals surface area contributed by atoms with E-state index >= 15 is 0 Å². The Kier molecular flexibility index (Phi) is 3.92. The first-order chi connectivity index (χ1) is 9.65. The normalized spacial score (nSPS) is 22.8. The van der Waals surface area contributed by atoms with Crippen LogP contribution in [0.15, 0.2) is 6.20 Å². The van der Waals surface area contributed by atoms with Crippen molar-refractivity contribution in [1.82, 2.24) is 15.3 Å². The van der Waals surface area contributed by atoms with Crippen molar-refractivity contribution in [2.75, 3.05) is 11.4 Å². The Labute approximate surface area is 122 Å². The minimum absolute atomic E-state index is 0.602. The molecule has 1 aromatic heterocycles. The molecule has 110 valence electrons. The minimum Gasteiger partial charge on any atom is -0.338 e. The average molecular weight is 274 g/mol. The Balaban J connectivity index is 1.71. The van der Waals surface area contributed by atoms with Crippen molar-refractivity contribution in [3.8, 4) is 0 Å². The maximum Gasteiger partial charge on any atom is 0.225 e. The lowest BCUT2D eigenvalue weighted by atomic mass is 10.0. The van der Waals surface area contributed by atoms with E-state index in [1.165, 1.54) is 31.2 Å². The van der Waals surface area contributed by atoms with Gasteiger partial charge in [0.05, 0.1) is 0 Å². The fourth-order valence-corrected chi connectivity index (χ4v) is 3.07. The van der Waals surface area contributed by atoms with Crippen molar-refractivity contribution in [1.29, 1.82) is 0 Å². The van der Waals surface area contributed by atoms with Crippen LogP contribution in [-0.4, -0.2) is 28.6 Å². The first-order valence-corrected chi connectivity index (χ1v) is 7.97. The van der Waals surface area contributed by atoms with Gasteiger partial charge in [0.1, 0.15) is 0 Å². The molecule has 0 bridgehead atoms. The third kappa shape index (κ3) is 2.95. The molecule has 20 heavy (non-hydrogen) atoms. The molecule has 0 radical (unpaired) electrons. The highest BCUT2D eigenvalue weighted by atomic mass is 15.3. The van der Waals surface area contributed by atoms with E-state index in [9.17, 15) is 0 Å². The van der Waals surface area contributed by atoms with Gasteiger partial charge in [-0.25, -0.2) is 9.97 Å². The molecule has 4 heteroatoms. The van der Waals surface area contributed by atoms with E-state index in [-0.39, 0.29) is 0 Å². The Hall–Kier alpha value is -1.16. The second-order valence-corrected chi connectivity index (χ2v) is 6.58. The van der Waals surface area contributed by atoms with Gasteiger partial charge in [-0.3, -0.25) is 0 Å². The molecule has 0 amide bonds. The second kappa shape index (κ2) is 5.68. The summed E-state index contributed by atoms with van der Waals surface area (Å²) in [6, 6.07) is 1.34. The summed E-state index contributed by atoms with van der Waals surface area (Å²) in [6.45, 7) is 8.70. The van der Waals surface area contributed by atoms with Crippen molar-refractivity contribution in [2.24, 2.45) is 5.92 Å². The number of anilines is 1. The number of rotatable bonds is 5. The summed E-state index contributed by atoms with van der Waals surface area (Å²) in [6.07, 6.45) is 7.19. The fourth-order valence-electron chi connectivity index (χ4n) is 3.07. The van der Waals surface area contributed by atoms with Crippen LogP contribution in [0.2, 0.25) is 0 Å². The van der Waals surface area contributed by atoms with Crippen LogP contribution in [0.1, 0.15) is 50.8 Å². The predicted octanol–water partition coefficient (Wildman–Crippen LogP) is 2.66. The van der Waals surface area contributed by atoms with Crippen LogP contribution in [0.5, 0.6) is 0 Å². The zero-order valence-electron chi connectivity index (χ0n) is 12.9. The first-order valence-electron chi connectivity index (χ1n) is 7.97. The van der Waals surface area contributed by atoms with E-state index in [0.29, 0.717) is 12.0 Å².